The summed E-state index contributed by atoms with van der Waals surface area (Å²) in [6.45, 7) is 0. The first kappa shape index (κ1) is 9.21. The smallest absolute Gasteiger partial charge is 0.337 e. The molecule has 14 heavy (non-hydrogen) atoms. The summed E-state index contributed by atoms with van der Waals surface area (Å²) in [5.41, 5.74) is 0.764. The Bertz CT molecular complexity index is 521. The van der Waals surface area contributed by atoms with Gasteiger partial charge in [-0.25, -0.2) is 9.18 Å². The van der Waals surface area contributed by atoms with Crippen LogP contribution in [0.15, 0.2) is 29.0 Å². The molecular formula is C9H5BrFNO2. The molecule has 0 aliphatic heterocycles. The van der Waals surface area contributed by atoms with Crippen molar-refractivity contribution in [2.75, 3.05) is 0 Å². The number of halogens is 2. The van der Waals surface area contributed by atoms with Gasteiger partial charge in [-0.1, -0.05) is 0 Å². The Morgan fingerprint density at radius 3 is 2.79 bits per heavy atom. The monoisotopic (exact) mass is 257 g/mol. The van der Waals surface area contributed by atoms with Crippen molar-refractivity contribution in [3.8, 4) is 0 Å². The summed E-state index contributed by atoms with van der Waals surface area (Å²) in [6, 6.07) is 2.77. The SMILES string of the molecule is O=C(O)c1cc2c(Br)cc(F)cn2c1. The Kier molecular flexibility index (Phi) is 2.03. The van der Waals surface area contributed by atoms with Crippen LogP contribution in [0.25, 0.3) is 5.52 Å². The van der Waals surface area contributed by atoms with Gasteiger partial charge in [0.1, 0.15) is 5.82 Å². The number of hydrogen-bond acceptors (Lipinski definition) is 1. The lowest BCUT2D eigenvalue weighted by Crippen LogP contribution is -1.92. The van der Waals surface area contributed by atoms with Crippen molar-refractivity contribution in [3.05, 3.63) is 40.4 Å². The standard InChI is InChI=1S/C9H5BrFNO2/c10-7-2-6(11)4-12-3-5(9(13)14)1-8(7)12/h1-4H,(H,13,14). The molecule has 3 nitrogen and oxygen atoms in total. The van der Waals surface area contributed by atoms with E-state index in [1.165, 1.54) is 28.9 Å². The molecule has 1 N–H and O–H groups in total. The topological polar surface area (TPSA) is 41.7 Å². The molecule has 0 unspecified atom stereocenters. The second kappa shape index (κ2) is 3.09. The summed E-state index contributed by atoms with van der Waals surface area (Å²) in [6.07, 6.45) is 2.60. The van der Waals surface area contributed by atoms with Gasteiger partial charge in [0.2, 0.25) is 0 Å². The van der Waals surface area contributed by atoms with Crippen molar-refractivity contribution in [1.82, 2.24) is 4.40 Å². The fourth-order valence-corrected chi connectivity index (χ4v) is 1.80. The first-order chi connectivity index (χ1) is 6.58. The van der Waals surface area contributed by atoms with Crippen LogP contribution in [-0.4, -0.2) is 15.5 Å². The van der Waals surface area contributed by atoms with Crippen LogP contribution in [0.5, 0.6) is 0 Å². The number of aromatic carboxylic acids is 1. The van der Waals surface area contributed by atoms with Crippen LogP contribution in [0.3, 0.4) is 0 Å². The van der Waals surface area contributed by atoms with Crippen molar-refractivity contribution < 1.29 is 14.3 Å². The molecule has 0 atom stereocenters. The number of aromatic nitrogens is 1. The number of rotatable bonds is 1. The molecule has 72 valence electrons. The maximum absolute atomic E-state index is 12.9. The lowest BCUT2D eigenvalue weighted by molar-refractivity contribution is 0.0697. The average Bonchev–Trinajstić information content (AvgIpc) is 2.47. The highest BCUT2D eigenvalue weighted by Crippen LogP contribution is 2.21. The van der Waals surface area contributed by atoms with Crippen LogP contribution in [0.2, 0.25) is 0 Å². The number of pyridine rings is 1. The molecule has 0 aromatic carbocycles. The minimum atomic E-state index is -1.03. The van der Waals surface area contributed by atoms with Crippen LogP contribution in [0.1, 0.15) is 10.4 Å². The zero-order valence-electron chi connectivity index (χ0n) is 6.87. The number of carboxylic acids is 1. The predicted octanol–water partition coefficient (Wildman–Crippen LogP) is 2.54. The normalized spacial score (nSPS) is 10.7. The van der Waals surface area contributed by atoms with E-state index in [0.717, 1.165) is 0 Å². The first-order valence-corrected chi connectivity index (χ1v) is 4.57. The lowest BCUT2D eigenvalue weighted by Gasteiger charge is -1.96. The van der Waals surface area contributed by atoms with Crippen LogP contribution in [0.4, 0.5) is 4.39 Å². The molecule has 0 fully saturated rings. The third-order valence-corrected chi connectivity index (χ3v) is 2.50. The molecule has 2 aromatic rings. The Balaban J connectivity index is 2.76. The van der Waals surface area contributed by atoms with E-state index in [2.05, 4.69) is 15.9 Å². The Morgan fingerprint density at radius 2 is 2.14 bits per heavy atom. The molecule has 0 saturated carbocycles. The van der Waals surface area contributed by atoms with Gasteiger partial charge < -0.3 is 9.51 Å². The fraction of sp³-hybridized carbons (Fsp3) is 0. The van der Waals surface area contributed by atoms with Crippen molar-refractivity contribution in [2.45, 2.75) is 0 Å². The third kappa shape index (κ3) is 1.39. The fourth-order valence-electron chi connectivity index (χ4n) is 1.26. The number of carboxylic acid groups (broad SMARTS) is 1. The van der Waals surface area contributed by atoms with Gasteiger partial charge in [0, 0.05) is 16.9 Å². The Morgan fingerprint density at radius 1 is 1.43 bits per heavy atom. The lowest BCUT2D eigenvalue weighted by atomic mass is 10.3. The minimum Gasteiger partial charge on any atom is -0.478 e. The number of carbonyl (C=O) groups is 1. The minimum absolute atomic E-state index is 0.135. The molecule has 0 bridgehead atoms. The summed E-state index contributed by atoms with van der Waals surface area (Å²) < 4.78 is 14.9. The van der Waals surface area contributed by atoms with Crippen LogP contribution >= 0.6 is 15.9 Å². The molecule has 0 aliphatic carbocycles. The molecule has 2 heterocycles. The van der Waals surface area contributed by atoms with Gasteiger partial charge in [0.25, 0.3) is 0 Å². The quantitative estimate of drug-likeness (QED) is 0.853. The van der Waals surface area contributed by atoms with E-state index in [1.807, 2.05) is 0 Å². The summed E-state index contributed by atoms with van der Waals surface area (Å²) in [5, 5.41) is 8.72. The van der Waals surface area contributed by atoms with Gasteiger partial charge in [-0.2, -0.15) is 0 Å². The van der Waals surface area contributed by atoms with Crippen LogP contribution < -0.4 is 0 Å². The summed E-state index contributed by atoms with van der Waals surface area (Å²) in [4.78, 5) is 10.6. The predicted molar refractivity (Wildman–Crippen MR) is 52.0 cm³/mol. The summed E-state index contributed by atoms with van der Waals surface area (Å²) in [7, 11) is 0. The van der Waals surface area contributed by atoms with Crippen molar-refractivity contribution in [1.29, 1.82) is 0 Å². The maximum atomic E-state index is 12.9. The zero-order valence-corrected chi connectivity index (χ0v) is 8.45. The Labute approximate surface area is 86.9 Å². The second-order valence-electron chi connectivity index (χ2n) is 2.83. The number of hydrogen-bond donors (Lipinski definition) is 1. The zero-order chi connectivity index (χ0) is 10.3. The molecular weight excluding hydrogens is 253 g/mol. The van der Waals surface area contributed by atoms with Gasteiger partial charge in [-0.15, -0.1) is 0 Å². The van der Waals surface area contributed by atoms with Gasteiger partial charge >= 0.3 is 5.97 Å². The molecule has 0 radical (unpaired) electrons. The Hall–Kier alpha value is -1.36. The highest BCUT2D eigenvalue weighted by Gasteiger charge is 2.09. The van der Waals surface area contributed by atoms with Crippen LogP contribution in [-0.2, 0) is 0 Å². The van der Waals surface area contributed by atoms with E-state index in [0.29, 0.717) is 9.99 Å². The van der Waals surface area contributed by atoms with E-state index in [9.17, 15) is 9.18 Å². The van der Waals surface area contributed by atoms with Crippen molar-refractivity contribution >= 4 is 27.4 Å². The van der Waals surface area contributed by atoms with Crippen LogP contribution in [0, 0.1) is 5.82 Å². The van der Waals surface area contributed by atoms with E-state index >= 15 is 0 Å². The maximum Gasteiger partial charge on any atom is 0.337 e. The van der Waals surface area contributed by atoms with E-state index < -0.39 is 11.8 Å². The van der Waals surface area contributed by atoms with Gasteiger partial charge in [0.15, 0.2) is 0 Å². The van der Waals surface area contributed by atoms with Crippen molar-refractivity contribution in [2.24, 2.45) is 0 Å². The van der Waals surface area contributed by atoms with E-state index in [1.54, 1.807) is 0 Å². The highest BCUT2D eigenvalue weighted by atomic mass is 79.9. The molecule has 2 aromatic heterocycles. The number of nitrogens with zero attached hydrogens (tertiary/aromatic N) is 1. The van der Waals surface area contributed by atoms with Gasteiger partial charge in [-0.05, 0) is 28.1 Å². The molecule has 5 heteroatoms. The van der Waals surface area contributed by atoms with Crippen molar-refractivity contribution in [3.63, 3.8) is 0 Å². The largest absolute Gasteiger partial charge is 0.478 e. The van der Waals surface area contributed by atoms with E-state index in [-0.39, 0.29) is 5.56 Å². The third-order valence-electron chi connectivity index (χ3n) is 1.87. The second-order valence-corrected chi connectivity index (χ2v) is 3.69. The molecule has 0 spiro atoms. The summed E-state index contributed by atoms with van der Waals surface area (Å²) >= 11 is 3.16. The molecule has 2 rings (SSSR count). The van der Waals surface area contributed by atoms with E-state index in [4.69, 9.17) is 5.11 Å². The highest BCUT2D eigenvalue weighted by molar-refractivity contribution is 9.10. The first-order valence-electron chi connectivity index (χ1n) is 3.78. The number of fused-ring (bicyclic) bond motifs is 1. The van der Waals surface area contributed by atoms with Gasteiger partial charge in [-0.3, -0.25) is 0 Å². The molecule has 0 aliphatic rings. The van der Waals surface area contributed by atoms with Gasteiger partial charge in [0.05, 0.1) is 11.1 Å². The summed E-state index contributed by atoms with van der Waals surface area (Å²) in [5.74, 6) is -1.45. The molecule has 0 amide bonds. The molecule has 0 saturated heterocycles. The average molecular weight is 258 g/mol.